The van der Waals surface area contributed by atoms with Gasteiger partial charge in [-0.3, -0.25) is 4.79 Å². The summed E-state index contributed by atoms with van der Waals surface area (Å²) in [6.07, 6.45) is 6.06. The molecule has 1 amide bonds. The van der Waals surface area contributed by atoms with E-state index in [2.05, 4.69) is 5.32 Å². The van der Waals surface area contributed by atoms with Gasteiger partial charge in [0.1, 0.15) is 0 Å². The van der Waals surface area contributed by atoms with Gasteiger partial charge in [0.25, 0.3) is 0 Å². The van der Waals surface area contributed by atoms with Crippen molar-refractivity contribution < 1.29 is 9.90 Å². The summed E-state index contributed by atoms with van der Waals surface area (Å²) in [5.41, 5.74) is 2.20. The second-order valence-electron chi connectivity index (χ2n) is 5.19. The van der Waals surface area contributed by atoms with Gasteiger partial charge < -0.3 is 10.4 Å². The van der Waals surface area contributed by atoms with E-state index in [1.54, 1.807) is 6.08 Å². The van der Waals surface area contributed by atoms with Gasteiger partial charge in [0.15, 0.2) is 0 Å². The molecule has 102 valence electrons. The average molecular weight is 259 g/mol. The van der Waals surface area contributed by atoms with E-state index in [0.717, 1.165) is 30.4 Å². The van der Waals surface area contributed by atoms with E-state index in [0.29, 0.717) is 6.54 Å². The second kappa shape index (κ2) is 6.53. The van der Waals surface area contributed by atoms with Crippen molar-refractivity contribution in [2.24, 2.45) is 5.92 Å². The monoisotopic (exact) mass is 259 g/mol. The summed E-state index contributed by atoms with van der Waals surface area (Å²) in [4.78, 5) is 11.7. The van der Waals surface area contributed by atoms with E-state index in [9.17, 15) is 9.90 Å². The Kier molecular flexibility index (Phi) is 4.74. The van der Waals surface area contributed by atoms with Crippen LogP contribution < -0.4 is 5.32 Å². The van der Waals surface area contributed by atoms with Gasteiger partial charge in [0.05, 0.1) is 6.10 Å². The van der Waals surface area contributed by atoms with E-state index >= 15 is 0 Å². The lowest BCUT2D eigenvalue weighted by Gasteiger charge is -2.14. The number of rotatable bonds is 4. The van der Waals surface area contributed by atoms with Crippen molar-refractivity contribution in [2.45, 2.75) is 32.3 Å². The Balaban J connectivity index is 1.83. The van der Waals surface area contributed by atoms with Gasteiger partial charge in [-0.1, -0.05) is 30.7 Å². The molecule has 2 rings (SSSR count). The Bertz CT molecular complexity index is 468. The van der Waals surface area contributed by atoms with E-state index in [-0.39, 0.29) is 17.9 Å². The van der Waals surface area contributed by atoms with Crippen molar-refractivity contribution >= 4 is 12.0 Å². The number of carbonyl (C=O) groups is 1. The molecule has 1 aliphatic rings. The zero-order valence-corrected chi connectivity index (χ0v) is 11.3. The van der Waals surface area contributed by atoms with Crippen LogP contribution in [0.1, 0.15) is 30.4 Å². The average Bonchev–Trinajstić information content (AvgIpc) is 2.81. The topological polar surface area (TPSA) is 49.3 Å². The summed E-state index contributed by atoms with van der Waals surface area (Å²) < 4.78 is 0. The highest BCUT2D eigenvalue weighted by Crippen LogP contribution is 2.24. The molecule has 0 spiro atoms. The highest BCUT2D eigenvalue weighted by atomic mass is 16.3. The molecule has 0 bridgehead atoms. The molecule has 19 heavy (non-hydrogen) atoms. The first-order valence-corrected chi connectivity index (χ1v) is 6.86. The van der Waals surface area contributed by atoms with Gasteiger partial charge in [-0.05, 0) is 37.0 Å². The molecule has 0 aliphatic heterocycles. The Morgan fingerprint density at radius 2 is 2.21 bits per heavy atom. The highest BCUT2D eigenvalue weighted by molar-refractivity contribution is 5.91. The second-order valence-corrected chi connectivity index (χ2v) is 5.19. The number of carbonyl (C=O) groups excluding carboxylic acids is 1. The third-order valence-corrected chi connectivity index (χ3v) is 3.76. The van der Waals surface area contributed by atoms with Gasteiger partial charge in [-0.25, -0.2) is 0 Å². The maximum absolute atomic E-state index is 11.7. The molecule has 3 heteroatoms. The molecule has 0 saturated heterocycles. The fourth-order valence-electron chi connectivity index (χ4n) is 2.49. The van der Waals surface area contributed by atoms with Gasteiger partial charge >= 0.3 is 0 Å². The zero-order valence-electron chi connectivity index (χ0n) is 11.3. The van der Waals surface area contributed by atoms with Gasteiger partial charge in [-0.2, -0.15) is 0 Å². The van der Waals surface area contributed by atoms with Crippen LogP contribution in [0.3, 0.4) is 0 Å². The third kappa shape index (κ3) is 3.93. The number of aliphatic hydroxyl groups excluding tert-OH is 1. The van der Waals surface area contributed by atoms with Crippen LogP contribution in [-0.4, -0.2) is 23.7 Å². The van der Waals surface area contributed by atoms with Crippen LogP contribution in [0.4, 0.5) is 0 Å². The number of aryl methyl sites for hydroxylation is 1. The molecule has 2 atom stereocenters. The predicted octanol–water partition coefficient (Wildman–Crippen LogP) is 2.29. The number of aliphatic hydroxyl groups is 1. The quantitative estimate of drug-likeness (QED) is 0.815. The first-order valence-electron chi connectivity index (χ1n) is 6.86. The maximum atomic E-state index is 11.7. The molecular weight excluding hydrogens is 238 g/mol. The first-order chi connectivity index (χ1) is 9.16. The van der Waals surface area contributed by atoms with Gasteiger partial charge in [-0.15, -0.1) is 0 Å². The van der Waals surface area contributed by atoms with Crippen LogP contribution in [0, 0.1) is 12.8 Å². The fourth-order valence-corrected chi connectivity index (χ4v) is 2.49. The zero-order chi connectivity index (χ0) is 13.7. The molecule has 3 nitrogen and oxygen atoms in total. The maximum Gasteiger partial charge on any atom is 0.244 e. The van der Waals surface area contributed by atoms with Gasteiger partial charge in [0, 0.05) is 18.5 Å². The van der Waals surface area contributed by atoms with Gasteiger partial charge in [0.2, 0.25) is 5.91 Å². The minimum absolute atomic E-state index is 0.0950. The number of benzene rings is 1. The van der Waals surface area contributed by atoms with Crippen molar-refractivity contribution in [1.82, 2.24) is 5.32 Å². The van der Waals surface area contributed by atoms with Crippen LogP contribution in [0.15, 0.2) is 30.3 Å². The minimum Gasteiger partial charge on any atom is -0.393 e. The van der Waals surface area contributed by atoms with Crippen molar-refractivity contribution in [3.05, 3.63) is 41.5 Å². The van der Waals surface area contributed by atoms with E-state index in [1.165, 1.54) is 0 Å². The molecule has 0 heterocycles. The SMILES string of the molecule is Cc1ccccc1C=CC(=O)NCC1CCCC1O. The smallest absolute Gasteiger partial charge is 0.244 e. The number of nitrogens with one attached hydrogen (secondary N) is 1. The molecule has 1 saturated carbocycles. The molecule has 0 aromatic heterocycles. The Labute approximate surface area is 114 Å². The third-order valence-electron chi connectivity index (χ3n) is 3.76. The summed E-state index contributed by atoms with van der Waals surface area (Å²) in [6, 6.07) is 7.94. The lowest BCUT2D eigenvalue weighted by molar-refractivity contribution is -0.116. The largest absolute Gasteiger partial charge is 0.393 e. The predicted molar refractivity (Wildman–Crippen MR) is 76.6 cm³/mol. The molecule has 0 radical (unpaired) electrons. The van der Waals surface area contributed by atoms with Crippen LogP contribution in [0.2, 0.25) is 0 Å². The first kappa shape index (κ1) is 13.8. The van der Waals surface area contributed by atoms with E-state index in [4.69, 9.17) is 0 Å². The number of hydrogen-bond acceptors (Lipinski definition) is 2. The summed E-state index contributed by atoms with van der Waals surface area (Å²) >= 11 is 0. The van der Waals surface area contributed by atoms with Crippen LogP contribution in [-0.2, 0) is 4.79 Å². The van der Waals surface area contributed by atoms with Crippen molar-refractivity contribution in [3.8, 4) is 0 Å². The minimum atomic E-state index is -0.249. The summed E-state index contributed by atoms with van der Waals surface area (Å²) in [7, 11) is 0. The number of amides is 1. The molecule has 2 N–H and O–H groups in total. The van der Waals surface area contributed by atoms with Crippen LogP contribution in [0.5, 0.6) is 0 Å². The van der Waals surface area contributed by atoms with Crippen molar-refractivity contribution in [3.63, 3.8) is 0 Å². The standard InChI is InChI=1S/C16H21NO2/c1-12-5-2-3-6-13(12)9-10-16(19)17-11-14-7-4-8-15(14)18/h2-3,5-6,9-10,14-15,18H,4,7-8,11H2,1H3,(H,17,19). The van der Waals surface area contributed by atoms with Crippen LogP contribution >= 0.6 is 0 Å². The molecule has 1 aliphatic carbocycles. The lowest BCUT2D eigenvalue weighted by atomic mass is 10.1. The molecule has 1 fully saturated rings. The molecule has 2 unspecified atom stereocenters. The summed E-state index contributed by atoms with van der Waals surface area (Å²) in [6.45, 7) is 2.59. The molecule has 1 aromatic rings. The molecular formula is C16H21NO2. The Morgan fingerprint density at radius 1 is 1.42 bits per heavy atom. The van der Waals surface area contributed by atoms with E-state index < -0.39 is 0 Å². The normalized spacial score (nSPS) is 22.8. The van der Waals surface area contributed by atoms with E-state index in [1.807, 2.05) is 37.3 Å². The van der Waals surface area contributed by atoms with Crippen molar-refractivity contribution in [2.75, 3.05) is 6.54 Å². The summed E-state index contributed by atoms with van der Waals surface area (Å²) in [5.74, 6) is 0.123. The Hall–Kier alpha value is -1.61. The van der Waals surface area contributed by atoms with Crippen LogP contribution in [0.25, 0.3) is 6.08 Å². The Morgan fingerprint density at radius 3 is 2.89 bits per heavy atom. The lowest BCUT2D eigenvalue weighted by Crippen LogP contribution is -2.31. The fraction of sp³-hybridized carbons (Fsp3) is 0.438. The number of hydrogen-bond donors (Lipinski definition) is 2. The molecule has 1 aromatic carbocycles. The van der Waals surface area contributed by atoms with Crippen molar-refractivity contribution in [1.29, 1.82) is 0 Å². The summed E-state index contributed by atoms with van der Waals surface area (Å²) in [5, 5.41) is 12.5. The highest BCUT2D eigenvalue weighted by Gasteiger charge is 2.24.